The zero-order valence-electron chi connectivity index (χ0n) is 9.26. The largest absolute Gasteiger partial charge is 0.497 e. The first-order valence-corrected chi connectivity index (χ1v) is 5.38. The predicted molar refractivity (Wildman–Crippen MR) is 58.6 cm³/mol. The molecule has 0 bridgehead atoms. The Balaban J connectivity index is 1.80. The highest BCUT2D eigenvalue weighted by Crippen LogP contribution is 2.21. The number of hydrogen-bond acceptors (Lipinski definition) is 4. The Morgan fingerprint density at radius 1 is 1.25 bits per heavy atom. The standard InChI is InChI=1S/C12H16O4/c1-14-9-2-4-10(5-3-9)15-8-11-6-7-12(13)16-11/h2-5,11-13H,6-8H2,1H3/t11-,12?/m1/s1. The van der Waals surface area contributed by atoms with Crippen molar-refractivity contribution < 1.29 is 19.3 Å². The number of aliphatic hydroxyl groups is 1. The Morgan fingerprint density at radius 2 is 1.94 bits per heavy atom. The van der Waals surface area contributed by atoms with Crippen LogP contribution in [0.4, 0.5) is 0 Å². The molecule has 0 saturated carbocycles. The minimum atomic E-state index is -0.621. The first kappa shape index (κ1) is 11.2. The van der Waals surface area contributed by atoms with Gasteiger partial charge in [0.05, 0.1) is 13.2 Å². The van der Waals surface area contributed by atoms with Gasteiger partial charge in [0, 0.05) is 6.42 Å². The summed E-state index contributed by atoms with van der Waals surface area (Å²) >= 11 is 0. The molecule has 1 aromatic rings. The van der Waals surface area contributed by atoms with Gasteiger partial charge in [0.15, 0.2) is 6.29 Å². The average Bonchev–Trinajstić information content (AvgIpc) is 2.73. The first-order valence-electron chi connectivity index (χ1n) is 5.38. The maximum Gasteiger partial charge on any atom is 0.155 e. The molecule has 88 valence electrons. The quantitative estimate of drug-likeness (QED) is 0.843. The normalized spacial score (nSPS) is 24.4. The molecule has 0 aliphatic carbocycles. The van der Waals surface area contributed by atoms with E-state index in [1.807, 2.05) is 24.3 Å². The first-order chi connectivity index (χ1) is 7.78. The van der Waals surface area contributed by atoms with Crippen LogP contribution in [0.5, 0.6) is 11.5 Å². The van der Waals surface area contributed by atoms with Crippen molar-refractivity contribution in [1.82, 2.24) is 0 Å². The van der Waals surface area contributed by atoms with Crippen LogP contribution in [-0.2, 0) is 4.74 Å². The molecule has 1 aliphatic heterocycles. The van der Waals surface area contributed by atoms with E-state index in [1.165, 1.54) is 0 Å². The highest BCUT2D eigenvalue weighted by Gasteiger charge is 2.23. The van der Waals surface area contributed by atoms with E-state index in [0.29, 0.717) is 13.0 Å². The van der Waals surface area contributed by atoms with Crippen molar-refractivity contribution in [2.75, 3.05) is 13.7 Å². The van der Waals surface area contributed by atoms with Gasteiger partial charge in [-0.2, -0.15) is 0 Å². The molecular formula is C12H16O4. The smallest absolute Gasteiger partial charge is 0.155 e. The van der Waals surface area contributed by atoms with Crippen molar-refractivity contribution >= 4 is 0 Å². The maximum absolute atomic E-state index is 9.17. The molecule has 1 aromatic carbocycles. The van der Waals surface area contributed by atoms with E-state index >= 15 is 0 Å². The van der Waals surface area contributed by atoms with Crippen molar-refractivity contribution in [3.8, 4) is 11.5 Å². The van der Waals surface area contributed by atoms with Gasteiger partial charge in [-0.25, -0.2) is 0 Å². The van der Waals surface area contributed by atoms with E-state index in [2.05, 4.69) is 0 Å². The molecule has 1 N–H and O–H groups in total. The molecule has 4 nitrogen and oxygen atoms in total. The summed E-state index contributed by atoms with van der Waals surface area (Å²) in [7, 11) is 1.63. The lowest BCUT2D eigenvalue weighted by atomic mass is 10.2. The van der Waals surface area contributed by atoms with Gasteiger partial charge in [0.25, 0.3) is 0 Å². The molecule has 2 rings (SSSR count). The van der Waals surface area contributed by atoms with E-state index in [0.717, 1.165) is 17.9 Å². The maximum atomic E-state index is 9.17. The van der Waals surface area contributed by atoms with Crippen LogP contribution in [0.15, 0.2) is 24.3 Å². The molecule has 1 unspecified atom stereocenters. The summed E-state index contributed by atoms with van der Waals surface area (Å²) < 4.78 is 15.8. The number of benzene rings is 1. The SMILES string of the molecule is COc1ccc(OC[C@H]2CCC(O)O2)cc1. The molecule has 1 saturated heterocycles. The van der Waals surface area contributed by atoms with E-state index in [4.69, 9.17) is 14.2 Å². The van der Waals surface area contributed by atoms with Gasteiger partial charge in [0.1, 0.15) is 18.1 Å². The van der Waals surface area contributed by atoms with Crippen LogP contribution in [0.25, 0.3) is 0 Å². The zero-order chi connectivity index (χ0) is 11.4. The number of ether oxygens (including phenoxy) is 3. The summed E-state index contributed by atoms with van der Waals surface area (Å²) in [5.41, 5.74) is 0. The van der Waals surface area contributed by atoms with Crippen LogP contribution >= 0.6 is 0 Å². The average molecular weight is 224 g/mol. The Bertz CT molecular complexity index is 322. The lowest BCUT2D eigenvalue weighted by Gasteiger charge is -2.12. The predicted octanol–water partition coefficient (Wildman–Crippen LogP) is 1.57. The van der Waals surface area contributed by atoms with Crippen molar-refractivity contribution in [3.63, 3.8) is 0 Å². The van der Waals surface area contributed by atoms with Crippen LogP contribution in [0.1, 0.15) is 12.8 Å². The van der Waals surface area contributed by atoms with Crippen molar-refractivity contribution in [1.29, 1.82) is 0 Å². The molecule has 0 spiro atoms. The van der Waals surface area contributed by atoms with Gasteiger partial charge in [-0.15, -0.1) is 0 Å². The third-order valence-electron chi connectivity index (χ3n) is 2.58. The lowest BCUT2D eigenvalue weighted by molar-refractivity contribution is -0.0984. The summed E-state index contributed by atoms with van der Waals surface area (Å²) in [5, 5.41) is 9.17. The van der Waals surface area contributed by atoms with Crippen molar-refractivity contribution in [2.24, 2.45) is 0 Å². The van der Waals surface area contributed by atoms with Gasteiger partial charge < -0.3 is 19.3 Å². The molecular weight excluding hydrogens is 208 g/mol. The van der Waals surface area contributed by atoms with E-state index in [9.17, 15) is 5.11 Å². The number of aliphatic hydroxyl groups excluding tert-OH is 1. The molecule has 1 heterocycles. The fourth-order valence-electron chi connectivity index (χ4n) is 1.67. The molecule has 0 aromatic heterocycles. The van der Waals surface area contributed by atoms with Gasteiger partial charge >= 0.3 is 0 Å². The van der Waals surface area contributed by atoms with Crippen LogP contribution in [0.3, 0.4) is 0 Å². The Kier molecular flexibility index (Phi) is 3.64. The summed E-state index contributed by atoms with van der Waals surface area (Å²) in [4.78, 5) is 0. The van der Waals surface area contributed by atoms with E-state index < -0.39 is 6.29 Å². The van der Waals surface area contributed by atoms with E-state index in [1.54, 1.807) is 7.11 Å². The second-order valence-corrected chi connectivity index (χ2v) is 3.78. The number of rotatable bonds is 4. The second-order valence-electron chi connectivity index (χ2n) is 3.78. The van der Waals surface area contributed by atoms with Gasteiger partial charge in [-0.3, -0.25) is 0 Å². The minimum absolute atomic E-state index is 0.00268. The monoisotopic (exact) mass is 224 g/mol. The van der Waals surface area contributed by atoms with Crippen molar-refractivity contribution in [3.05, 3.63) is 24.3 Å². The number of methoxy groups -OCH3 is 1. The molecule has 0 radical (unpaired) electrons. The lowest BCUT2D eigenvalue weighted by Crippen LogP contribution is -2.18. The molecule has 1 fully saturated rings. The summed E-state index contributed by atoms with van der Waals surface area (Å²) in [6, 6.07) is 7.40. The van der Waals surface area contributed by atoms with Crippen LogP contribution < -0.4 is 9.47 Å². The van der Waals surface area contributed by atoms with E-state index in [-0.39, 0.29) is 6.10 Å². The molecule has 1 aliphatic rings. The van der Waals surface area contributed by atoms with Gasteiger partial charge in [0.2, 0.25) is 0 Å². The minimum Gasteiger partial charge on any atom is -0.497 e. The molecule has 2 atom stereocenters. The topological polar surface area (TPSA) is 47.9 Å². The third-order valence-corrected chi connectivity index (χ3v) is 2.58. The molecule has 0 amide bonds. The summed E-state index contributed by atoms with van der Waals surface area (Å²) in [6.45, 7) is 0.476. The summed E-state index contributed by atoms with van der Waals surface area (Å²) in [6.07, 6.45) is 0.912. The van der Waals surface area contributed by atoms with Crippen molar-refractivity contribution in [2.45, 2.75) is 25.2 Å². The second kappa shape index (κ2) is 5.18. The highest BCUT2D eigenvalue weighted by molar-refractivity contribution is 5.31. The van der Waals surface area contributed by atoms with Crippen LogP contribution in [0, 0.1) is 0 Å². The summed E-state index contributed by atoms with van der Waals surface area (Å²) in [5.74, 6) is 1.59. The van der Waals surface area contributed by atoms with Crippen LogP contribution in [-0.4, -0.2) is 31.2 Å². The Hall–Kier alpha value is -1.26. The fourth-order valence-corrected chi connectivity index (χ4v) is 1.67. The van der Waals surface area contributed by atoms with Crippen LogP contribution in [0.2, 0.25) is 0 Å². The van der Waals surface area contributed by atoms with Gasteiger partial charge in [-0.05, 0) is 30.7 Å². The Labute approximate surface area is 94.8 Å². The fraction of sp³-hybridized carbons (Fsp3) is 0.500. The molecule has 4 heteroatoms. The third kappa shape index (κ3) is 2.87. The number of hydrogen-bond donors (Lipinski definition) is 1. The Morgan fingerprint density at radius 3 is 2.50 bits per heavy atom. The highest BCUT2D eigenvalue weighted by atomic mass is 16.6. The molecule has 16 heavy (non-hydrogen) atoms. The van der Waals surface area contributed by atoms with Gasteiger partial charge in [-0.1, -0.05) is 0 Å². The zero-order valence-corrected chi connectivity index (χ0v) is 9.26.